The van der Waals surface area contributed by atoms with Gasteiger partial charge in [0.15, 0.2) is 0 Å². The molecule has 1 heterocycles. The molecule has 1 aliphatic rings. The molecule has 0 aliphatic carbocycles. The minimum absolute atomic E-state index is 0.389. The maximum Gasteiger partial charge on any atom is 0.417 e. The molecule has 1 aliphatic heterocycles. The van der Waals surface area contributed by atoms with Crippen molar-refractivity contribution in [3.63, 3.8) is 0 Å². The van der Waals surface area contributed by atoms with Gasteiger partial charge >= 0.3 is 6.18 Å². The van der Waals surface area contributed by atoms with Gasteiger partial charge in [0.1, 0.15) is 0 Å². The molecule has 4 rings (SSSR count). The molecule has 4 nitrogen and oxygen atoms in total. The van der Waals surface area contributed by atoms with Gasteiger partial charge in [0, 0.05) is 44.1 Å². The van der Waals surface area contributed by atoms with Crippen molar-refractivity contribution in [3.8, 4) is 0 Å². The van der Waals surface area contributed by atoms with Gasteiger partial charge in [0.2, 0.25) is 0 Å². The van der Waals surface area contributed by atoms with Gasteiger partial charge in [0.25, 0.3) is 5.91 Å². The van der Waals surface area contributed by atoms with Gasteiger partial charge in [-0.3, -0.25) is 9.69 Å². The first-order chi connectivity index (χ1) is 15.4. The molecule has 0 radical (unpaired) electrons. The minimum Gasteiger partial charge on any atom is -0.369 e. The standard InChI is InChI=1S/C25H24F3N3O/c26-25(27,28)23-9-5-4-8-22(23)24(32)29-20-12-10-19(11-13-20)18-30-14-16-31(17-15-30)21-6-2-1-3-7-21/h1-13H,14-18H2,(H,29,32). The zero-order valence-electron chi connectivity index (χ0n) is 17.5. The van der Waals surface area contributed by atoms with Crippen LogP contribution in [-0.4, -0.2) is 37.0 Å². The number of amides is 1. The number of carbonyl (C=O) groups excluding carboxylic acids is 1. The van der Waals surface area contributed by atoms with Gasteiger partial charge in [-0.2, -0.15) is 13.2 Å². The summed E-state index contributed by atoms with van der Waals surface area (Å²) in [7, 11) is 0. The molecule has 1 saturated heterocycles. The molecule has 1 N–H and O–H groups in total. The summed E-state index contributed by atoms with van der Waals surface area (Å²) in [5, 5.41) is 2.57. The second-order valence-electron chi connectivity index (χ2n) is 7.79. The van der Waals surface area contributed by atoms with E-state index in [0.717, 1.165) is 44.4 Å². The Kier molecular flexibility index (Phi) is 6.46. The summed E-state index contributed by atoms with van der Waals surface area (Å²) in [6.07, 6.45) is -4.58. The van der Waals surface area contributed by atoms with Crippen molar-refractivity contribution in [2.24, 2.45) is 0 Å². The number of nitrogens with zero attached hydrogens (tertiary/aromatic N) is 2. The molecular weight excluding hydrogens is 415 g/mol. The summed E-state index contributed by atoms with van der Waals surface area (Å²) in [5.41, 5.74) is 1.46. The van der Waals surface area contributed by atoms with Gasteiger partial charge in [-0.25, -0.2) is 0 Å². The molecule has 1 amide bonds. The lowest BCUT2D eigenvalue weighted by molar-refractivity contribution is -0.137. The van der Waals surface area contributed by atoms with Crippen molar-refractivity contribution in [2.75, 3.05) is 36.4 Å². The van der Waals surface area contributed by atoms with Crippen molar-refractivity contribution in [1.29, 1.82) is 0 Å². The number of benzene rings is 3. The first-order valence-electron chi connectivity index (χ1n) is 10.5. The minimum atomic E-state index is -4.58. The first kappa shape index (κ1) is 21.9. The van der Waals surface area contributed by atoms with Gasteiger partial charge in [-0.15, -0.1) is 0 Å². The average Bonchev–Trinajstić information content (AvgIpc) is 2.81. The van der Waals surface area contributed by atoms with E-state index in [4.69, 9.17) is 0 Å². The number of hydrogen-bond donors (Lipinski definition) is 1. The normalized spacial score (nSPS) is 14.9. The second kappa shape index (κ2) is 9.44. The summed E-state index contributed by atoms with van der Waals surface area (Å²) < 4.78 is 39.5. The second-order valence-corrected chi connectivity index (χ2v) is 7.79. The Morgan fingerprint density at radius 3 is 2.09 bits per heavy atom. The lowest BCUT2D eigenvalue weighted by Gasteiger charge is -2.36. The van der Waals surface area contributed by atoms with E-state index >= 15 is 0 Å². The molecule has 0 atom stereocenters. The Morgan fingerprint density at radius 1 is 0.812 bits per heavy atom. The third kappa shape index (κ3) is 5.29. The van der Waals surface area contributed by atoms with E-state index in [1.165, 1.54) is 23.9 Å². The van der Waals surface area contributed by atoms with Gasteiger partial charge < -0.3 is 10.2 Å². The fraction of sp³-hybridized carbons (Fsp3) is 0.240. The molecule has 0 bridgehead atoms. The number of rotatable bonds is 5. The van der Waals surface area contributed by atoms with E-state index < -0.39 is 17.6 Å². The first-order valence-corrected chi connectivity index (χ1v) is 10.5. The van der Waals surface area contributed by atoms with E-state index in [1.807, 2.05) is 30.3 Å². The van der Waals surface area contributed by atoms with Crippen LogP contribution in [0.15, 0.2) is 78.9 Å². The monoisotopic (exact) mass is 439 g/mol. The number of anilines is 2. The van der Waals surface area contributed by atoms with Crippen LogP contribution in [0.5, 0.6) is 0 Å². The molecule has 7 heteroatoms. The maximum atomic E-state index is 13.2. The van der Waals surface area contributed by atoms with Crippen molar-refractivity contribution >= 4 is 17.3 Å². The van der Waals surface area contributed by atoms with Crippen molar-refractivity contribution in [3.05, 3.63) is 95.6 Å². The average molecular weight is 439 g/mol. The van der Waals surface area contributed by atoms with Crippen LogP contribution in [0.4, 0.5) is 24.5 Å². The lowest BCUT2D eigenvalue weighted by Crippen LogP contribution is -2.45. The zero-order valence-corrected chi connectivity index (χ0v) is 17.5. The van der Waals surface area contributed by atoms with E-state index in [0.29, 0.717) is 5.69 Å². The number of halogens is 3. The van der Waals surface area contributed by atoms with Crippen LogP contribution in [0, 0.1) is 0 Å². The largest absolute Gasteiger partial charge is 0.417 e. The predicted molar refractivity (Wildman–Crippen MR) is 120 cm³/mol. The Labute approximate surface area is 185 Å². The highest BCUT2D eigenvalue weighted by Gasteiger charge is 2.34. The number of carbonyl (C=O) groups is 1. The highest BCUT2D eigenvalue weighted by atomic mass is 19.4. The predicted octanol–water partition coefficient (Wildman–Crippen LogP) is 5.28. The van der Waals surface area contributed by atoms with Crippen molar-refractivity contribution < 1.29 is 18.0 Å². The van der Waals surface area contributed by atoms with Crippen LogP contribution >= 0.6 is 0 Å². The fourth-order valence-electron chi connectivity index (χ4n) is 3.88. The van der Waals surface area contributed by atoms with Crippen LogP contribution in [0.25, 0.3) is 0 Å². The lowest BCUT2D eigenvalue weighted by atomic mass is 10.1. The number of nitrogens with one attached hydrogen (secondary N) is 1. The van der Waals surface area contributed by atoms with Crippen LogP contribution in [0.1, 0.15) is 21.5 Å². The van der Waals surface area contributed by atoms with Gasteiger partial charge in [0.05, 0.1) is 11.1 Å². The molecule has 3 aromatic carbocycles. The molecule has 0 unspecified atom stereocenters. The van der Waals surface area contributed by atoms with Gasteiger partial charge in [-0.05, 0) is 42.0 Å². The van der Waals surface area contributed by atoms with E-state index in [1.54, 1.807) is 12.1 Å². The molecule has 32 heavy (non-hydrogen) atoms. The Balaban J connectivity index is 1.33. The summed E-state index contributed by atoms with van der Waals surface area (Å²) in [6.45, 7) is 4.59. The van der Waals surface area contributed by atoms with Crippen LogP contribution < -0.4 is 10.2 Å². The Hall–Kier alpha value is -3.32. The maximum absolute atomic E-state index is 13.2. The molecule has 1 fully saturated rings. The van der Waals surface area contributed by atoms with E-state index in [-0.39, 0.29) is 5.56 Å². The highest BCUT2D eigenvalue weighted by Crippen LogP contribution is 2.32. The zero-order chi connectivity index (χ0) is 22.6. The number of para-hydroxylation sites is 1. The third-order valence-electron chi connectivity index (χ3n) is 5.59. The molecular formula is C25H24F3N3O. The van der Waals surface area contributed by atoms with Crippen molar-refractivity contribution in [2.45, 2.75) is 12.7 Å². The SMILES string of the molecule is O=C(Nc1ccc(CN2CCN(c3ccccc3)CC2)cc1)c1ccccc1C(F)(F)F. The van der Waals surface area contributed by atoms with E-state index in [9.17, 15) is 18.0 Å². The molecule has 0 saturated carbocycles. The highest BCUT2D eigenvalue weighted by molar-refractivity contribution is 6.05. The Bertz CT molecular complexity index is 1040. The number of piperazine rings is 1. The van der Waals surface area contributed by atoms with Gasteiger partial charge in [-0.1, -0.05) is 42.5 Å². The molecule has 0 aromatic heterocycles. The van der Waals surface area contributed by atoms with E-state index in [2.05, 4.69) is 27.2 Å². The molecule has 3 aromatic rings. The smallest absolute Gasteiger partial charge is 0.369 e. The summed E-state index contributed by atoms with van der Waals surface area (Å²) >= 11 is 0. The van der Waals surface area contributed by atoms with Crippen molar-refractivity contribution in [1.82, 2.24) is 4.90 Å². The third-order valence-corrected chi connectivity index (χ3v) is 5.59. The number of hydrogen-bond acceptors (Lipinski definition) is 3. The quantitative estimate of drug-likeness (QED) is 0.588. The van der Waals surface area contributed by atoms with Crippen LogP contribution in [0.2, 0.25) is 0 Å². The summed E-state index contributed by atoms with van der Waals surface area (Å²) in [6, 6.07) is 22.4. The topological polar surface area (TPSA) is 35.6 Å². The van der Waals surface area contributed by atoms with Crippen LogP contribution in [-0.2, 0) is 12.7 Å². The number of alkyl halides is 3. The molecule has 0 spiro atoms. The summed E-state index contributed by atoms with van der Waals surface area (Å²) in [5.74, 6) is -0.775. The summed E-state index contributed by atoms with van der Waals surface area (Å²) in [4.78, 5) is 17.1. The molecule has 166 valence electrons. The fourth-order valence-corrected chi connectivity index (χ4v) is 3.88. The van der Waals surface area contributed by atoms with Crippen LogP contribution in [0.3, 0.4) is 0 Å². The Morgan fingerprint density at radius 2 is 1.44 bits per heavy atom.